The van der Waals surface area contributed by atoms with E-state index in [1.54, 1.807) is 7.11 Å². The Morgan fingerprint density at radius 1 is 1.08 bits per heavy atom. The van der Waals surface area contributed by atoms with Crippen molar-refractivity contribution < 1.29 is 19.0 Å². The minimum atomic E-state index is -0.189. The summed E-state index contributed by atoms with van der Waals surface area (Å²) in [6.45, 7) is 4.18. The van der Waals surface area contributed by atoms with Gasteiger partial charge in [0.25, 0.3) is 5.91 Å². The van der Waals surface area contributed by atoms with E-state index in [2.05, 4.69) is 21.2 Å². The molecule has 0 bridgehead atoms. The summed E-state index contributed by atoms with van der Waals surface area (Å²) in [7, 11) is 1.62. The Bertz CT molecular complexity index is 703. The van der Waals surface area contributed by atoms with Gasteiger partial charge in [0.05, 0.1) is 13.2 Å². The second kappa shape index (κ2) is 9.32. The molecule has 1 atom stereocenters. The Labute approximate surface area is 156 Å². The second-order valence-electron chi connectivity index (χ2n) is 5.65. The van der Waals surface area contributed by atoms with Gasteiger partial charge in [0.2, 0.25) is 0 Å². The molecular weight excluding hydrogens is 386 g/mol. The van der Waals surface area contributed by atoms with Gasteiger partial charge in [-0.2, -0.15) is 0 Å². The third kappa shape index (κ3) is 6.31. The number of ether oxygens (including phenoxy) is 3. The van der Waals surface area contributed by atoms with Gasteiger partial charge in [-0.15, -0.1) is 0 Å². The normalized spacial score (nSPS) is 11.5. The summed E-state index contributed by atoms with van der Waals surface area (Å²) in [6.07, 6.45) is 0. The number of carbonyl (C=O) groups is 1. The number of halogens is 1. The molecule has 0 unspecified atom stereocenters. The van der Waals surface area contributed by atoms with Gasteiger partial charge >= 0.3 is 0 Å². The molecule has 1 N–H and O–H groups in total. The summed E-state index contributed by atoms with van der Waals surface area (Å²) < 4.78 is 17.3. The van der Waals surface area contributed by atoms with Crippen LogP contribution in [0, 0.1) is 6.92 Å². The van der Waals surface area contributed by atoms with E-state index in [9.17, 15) is 4.79 Å². The fourth-order valence-electron chi connectivity index (χ4n) is 2.11. The Morgan fingerprint density at radius 2 is 1.72 bits per heavy atom. The highest BCUT2D eigenvalue weighted by molar-refractivity contribution is 9.10. The van der Waals surface area contributed by atoms with Crippen molar-refractivity contribution in [2.45, 2.75) is 19.9 Å². The van der Waals surface area contributed by atoms with Crippen LogP contribution in [0.15, 0.2) is 46.9 Å². The summed E-state index contributed by atoms with van der Waals surface area (Å²) in [4.78, 5) is 12.0. The Kier molecular flexibility index (Phi) is 7.13. The lowest BCUT2D eigenvalue weighted by atomic mass is 10.2. The number of hydrogen-bond donors (Lipinski definition) is 1. The number of amides is 1. The molecule has 2 aromatic rings. The van der Waals surface area contributed by atoms with Crippen molar-refractivity contribution >= 4 is 21.8 Å². The first kappa shape index (κ1) is 19.1. The van der Waals surface area contributed by atoms with Crippen molar-refractivity contribution in [2.24, 2.45) is 0 Å². The number of methoxy groups -OCH3 is 1. The van der Waals surface area contributed by atoms with Crippen LogP contribution in [0.2, 0.25) is 0 Å². The van der Waals surface area contributed by atoms with Crippen LogP contribution in [0.1, 0.15) is 12.5 Å². The van der Waals surface area contributed by atoms with Crippen LogP contribution in [-0.2, 0) is 4.79 Å². The first-order valence-electron chi connectivity index (χ1n) is 7.93. The highest BCUT2D eigenvalue weighted by Gasteiger charge is 2.09. The summed E-state index contributed by atoms with van der Waals surface area (Å²) >= 11 is 3.43. The van der Waals surface area contributed by atoms with Crippen LogP contribution in [0.5, 0.6) is 17.2 Å². The molecule has 25 heavy (non-hydrogen) atoms. The summed E-state index contributed by atoms with van der Waals surface area (Å²) in [5, 5.41) is 2.85. The van der Waals surface area contributed by atoms with Crippen LogP contribution in [0.3, 0.4) is 0 Å². The van der Waals surface area contributed by atoms with Crippen LogP contribution < -0.4 is 19.5 Å². The molecule has 1 amide bonds. The molecule has 0 radical (unpaired) electrons. The maximum absolute atomic E-state index is 12.0. The summed E-state index contributed by atoms with van der Waals surface area (Å²) in [5.74, 6) is 1.97. The third-order valence-electron chi connectivity index (χ3n) is 3.47. The average Bonchev–Trinajstić information content (AvgIpc) is 2.61. The zero-order valence-corrected chi connectivity index (χ0v) is 16.1. The van der Waals surface area contributed by atoms with E-state index >= 15 is 0 Å². The van der Waals surface area contributed by atoms with E-state index in [0.717, 1.165) is 21.5 Å². The number of benzene rings is 2. The lowest BCUT2D eigenvalue weighted by molar-refractivity contribution is -0.123. The highest BCUT2D eigenvalue weighted by atomic mass is 79.9. The smallest absolute Gasteiger partial charge is 0.258 e. The van der Waals surface area contributed by atoms with Gasteiger partial charge in [0.15, 0.2) is 6.61 Å². The summed E-state index contributed by atoms with van der Waals surface area (Å²) in [6, 6.07) is 12.8. The van der Waals surface area contributed by atoms with Crippen molar-refractivity contribution in [1.29, 1.82) is 0 Å². The number of rotatable bonds is 8. The molecule has 5 nitrogen and oxygen atoms in total. The van der Waals surface area contributed by atoms with Crippen LogP contribution in [-0.4, -0.2) is 32.3 Å². The molecule has 2 rings (SSSR count). The van der Waals surface area contributed by atoms with Crippen molar-refractivity contribution in [3.63, 3.8) is 0 Å². The fraction of sp³-hybridized carbons (Fsp3) is 0.316. The summed E-state index contributed by atoms with van der Waals surface area (Å²) in [5.41, 5.74) is 1.05. The van der Waals surface area contributed by atoms with Crippen molar-refractivity contribution in [2.75, 3.05) is 20.3 Å². The van der Waals surface area contributed by atoms with Gasteiger partial charge in [-0.3, -0.25) is 4.79 Å². The van der Waals surface area contributed by atoms with Crippen molar-refractivity contribution in [3.05, 3.63) is 52.5 Å². The monoisotopic (exact) mass is 407 g/mol. The zero-order chi connectivity index (χ0) is 18.2. The molecule has 0 aliphatic carbocycles. The van der Waals surface area contributed by atoms with E-state index in [0.29, 0.717) is 12.4 Å². The van der Waals surface area contributed by atoms with Crippen LogP contribution >= 0.6 is 15.9 Å². The standard InChI is InChI=1S/C19H22BrNO4/c1-13-10-17(8-9-18(13)20)25-12-19(22)21-14(2)11-24-16-6-4-15(23-3)5-7-16/h4-10,14H,11-12H2,1-3H3,(H,21,22)/t14-/m0/s1. The minimum absolute atomic E-state index is 0.0338. The van der Waals surface area contributed by atoms with Gasteiger partial charge in [0, 0.05) is 4.47 Å². The topological polar surface area (TPSA) is 56.8 Å². The quantitative estimate of drug-likeness (QED) is 0.724. The molecule has 0 heterocycles. The van der Waals surface area contributed by atoms with Crippen LogP contribution in [0.4, 0.5) is 0 Å². The lowest BCUT2D eigenvalue weighted by Crippen LogP contribution is -2.39. The van der Waals surface area contributed by atoms with E-state index in [-0.39, 0.29) is 18.6 Å². The van der Waals surface area contributed by atoms with E-state index < -0.39 is 0 Å². The third-order valence-corrected chi connectivity index (χ3v) is 4.36. The van der Waals surface area contributed by atoms with E-state index in [1.165, 1.54) is 0 Å². The molecule has 0 saturated carbocycles. The van der Waals surface area contributed by atoms with Gasteiger partial charge < -0.3 is 19.5 Å². The van der Waals surface area contributed by atoms with Gasteiger partial charge in [-0.05, 0) is 61.9 Å². The Morgan fingerprint density at radius 3 is 2.36 bits per heavy atom. The predicted octanol–water partition coefficient (Wildman–Crippen LogP) is 3.73. The van der Waals surface area contributed by atoms with Crippen molar-refractivity contribution in [3.8, 4) is 17.2 Å². The fourth-order valence-corrected chi connectivity index (χ4v) is 2.35. The number of aryl methyl sites for hydroxylation is 1. The molecule has 134 valence electrons. The molecule has 0 fully saturated rings. The van der Waals surface area contributed by atoms with E-state index in [4.69, 9.17) is 14.2 Å². The van der Waals surface area contributed by atoms with E-state index in [1.807, 2.05) is 56.3 Å². The molecule has 0 saturated heterocycles. The maximum Gasteiger partial charge on any atom is 0.258 e. The molecule has 2 aromatic carbocycles. The Balaban J connectivity index is 1.72. The SMILES string of the molecule is COc1ccc(OC[C@H](C)NC(=O)COc2ccc(Br)c(C)c2)cc1. The maximum atomic E-state index is 12.0. The van der Waals surface area contributed by atoms with Crippen molar-refractivity contribution in [1.82, 2.24) is 5.32 Å². The van der Waals surface area contributed by atoms with Gasteiger partial charge in [0.1, 0.15) is 23.9 Å². The molecule has 0 aliphatic rings. The molecule has 0 aliphatic heterocycles. The second-order valence-corrected chi connectivity index (χ2v) is 6.51. The molecule has 0 spiro atoms. The largest absolute Gasteiger partial charge is 0.497 e. The average molecular weight is 408 g/mol. The molecule has 0 aromatic heterocycles. The zero-order valence-electron chi connectivity index (χ0n) is 14.5. The highest BCUT2D eigenvalue weighted by Crippen LogP contribution is 2.21. The Hall–Kier alpha value is -2.21. The lowest BCUT2D eigenvalue weighted by Gasteiger charge is -2.15. The van der Waals surface area contributed by atoms with Gasteiger partial charge in [-0.25, -0.2) is 0 Å². The molecular formula is C19H22BrNO4. The number of hydrogen-bond acceptors (Lipinski definition) is 4. The minimum Gasteiger partial charge on any atom is -0.497 e. The van der Waals surface area contributed by atoms with Crippen LogP contribution in [0.25, 0.3) is 0 Å². The number of nitrogens with one attached hydrogen (secondary N) is 1. The predicted molar refractivity (Wildman–Crippen MR) is 100 cm³/mol. The first-order chi connectivity index (χ1) is 12.0. The number of carbonyl (C=O) groups excluding carboxylic acids is 1. The van der Waals surface area contributed by atoms with Gasteiger partial charge in [-0.1, -0.05) is 15.9 Å². The molecule has 6 heteroatoms. The first-order valence-corrected chi connectivity index (χ1v) is 8.72.